The molecule has 0 N–H and O–H groups in total. The molecule has 0 aliphatic heterocycles. The van der Waals surface area contributed by atoms with Gasteiger partial charge in [0.05, 0.1) is 11.2 Å². The van der Waals surface area contributed by atoms with Crippen LogP contribution in [0.15, 0.2) is 49.0 Å². The molecule has 0 saturated carbocycles. The lowest BCUT2D eigenvalue weighted by atomic mass is 10.2. The maximum absolute atomic E-state index is 4.25. The predicted molar refractivity (Wildman–Crippen MR) is 87.4 cm³/mol. The number of rotatable bonds is 3. The van der Waals surface area contributed by atoms with Crippen LogP contribution in [-0.4, -0.2) is 28.3 Å². The van der Waals surface area contributed by atoms with Gasteiger partial charge in [-0.05, 0) is 48.5 Å². The normalized spacial score (nSPS) is 11.2. The second-order valence-electron chi connectivity index (χ2n) is 4.83. The van der Waals surface area contributed by atoms with Gasteiger partial charge in [-0.1, -0.05) is 44.0 Å². The third-order valence-corrected chi connectivity index (χ3v) is 4.68. The molecule has 0 atom stereocenters. The Morgan fingerprint density at radius 1 is 1.15 bits per heavy atom. The van der Waals surface area contributed by atoms with Gasteiger partial charge in [0.2, 0.25) is 0 Å². The predicted octanol–water partition coefficient (Wildman–Crippen LogP) is 3.43. The molecule has 0 aliphatic carbocycles. The molecule has 0 unspecified atom stereocenters. The fourth-order valence-corrected chi connectivity index (χ4v) is 3.35. The van der Waals surface area contributed by atoms with Crippen molar-refractivity contribution in [3.63, 3.8) is 0 Å². The Morgan fingerprint density at radius 3 is 2.70 bits per heavy atom. The van der Waals surface area contributed by atoms with E-state index in [1.165, 1.54) is 10.9 Å². The van der Waals surface area contributed by atoms with Crippen molar-refractivity contribution in [2.75, 3.05) is 13.3 Å². The van der Waals surface area contributed by atoms with Crippen molar-refractivity contribution >= 4 is 30.3 Å². The first-order valence-corrected chi connectivity index (χ1v) is 8.69. The van der Waals surface area contributed by atoms with E-state index < -0.39 is 0 Å². The smallest absolute Gasteiger partial charge is 0.113 e. The molecular weight excluding hydrogens is 265 g/mol. The summed E-state index contributed by atoms with van der Waals surface area (Å²) in [6, 6.07) is 14.4. The number of benzene rings is 2. The summed E-state index contributed by atoms with van der Waals surface area (Å²) < 4.78 is 1.87. The van der Waals surface area contributed by atoms with Crippen molar-refractivity contribution in [1.29, 1.82) is 0 Å². The van der Waals surface area contributed by atoms with Crippen molar-refractivity contribution in [2.24, 2.45) is 0 Å². The van der Waals surface area contributed by atoms with Crippen molar-refractivity contribution in [1.82, 2.24) is 15.0 Å². The van der Waals surface area contributed by atoms with Crippen molar-refractivity contribution in [2.45, 2.75) is 0 Å². The molecule has 0 saturated heterocycles. The summed E-state index contributed by atoms with van der Waals surface area (Å²) in [4.78, 5) is 0. The Morgan fingerprint density at radius 2 is 1.95 bits per heavy atom. The first-order chi connectivity index (χ1) is 9.70. The zero-order valence-electron chi connectivity index (χ0n) is 11.6. The lowest BCUT2D eigenvalue weighted by Crippen LogP contribution is -2.06. The highest BCUT2D eigenvalue weighted by molar-refractivity contribution is 7.64. The third kappa shape index (κ3) is 2.14. The Labute approximate surface area is 119 Å². The highest BCUT2D eigenvalue weighted by atomic mass is 31.1. The number of hydrogen-bond donors (Lipinski definition) is 0. The van der Waals surface area contributed by atoms with Crippen LogP contribution in [0, 0.1) is 0 Å². The zero-order chi connectivity index (χ0) is 14.1. The quantitative estimate of drug-likeness (QED) is 0.689. The zero-order valence-corrected chi connectivity index (χ0v) is 12.5. The van der Waals surface area contributed by atoms with E-state index >= 15 is 0 Å². The molecule has 1 heterocycles. The lowest BCUT2D eigenvalue weighted by Gasteiger charge is -2.12. The van der Waals surface area contributed by atoms with Crippen LogP contribution in [0.25, 0.3) is 22.8 Å². The van der Waals surface area contributed by atoms with E-state index in [1.54, 1.807) is 0 Å². The first kappa shape index (κ1) is 13.0. The van der Waals surface area contributed by atoms with Gasteiger partial charge in [-0.2, -0.15) is 0 Å². The average Bonchev–Trinajstić information content (AvgIpc) is 2.90. The number of nitrogens with zero attached hydrogens (tertiary/aromatic N) is 3. The van der Waals surface area contributed by atoms with E-state index in [4.69, 9.17) is 0 Å². The molecule has 0 fully saturated rings. The maximum Gasteiger partial charge on any atom is 0.113 e. The molecule has 100 valence electrons. The minimum absolute atomic E-state index is 0.143. The van der Waals surface area contributed by atoms with Gasteiger partial charge in [0.15, 0.2) is 0 Å². The number of hydrogen-bond acceptors (Lipinski definition) is 2. The average molecular weight is 281 g/mol. The molecule has 3 aromatic rings. The van der Waals surface area contributed by atoms with E-state index in [0.717, 1.165) is 16.7 Å². The van der Waals surface area contributed by atoms with Gasteiger partial charge in [-0.3, -0.25) is 0 Å². The Balaban J connectivity index is 2.17. The van der Waals surface area contributed by atoms with Crippen molar-refractivity contribution in [3.05, 3.63) is 54.6 Å². The van der Waals surface area contributed by atoms with E-state index in [-0.39, 0.29) is 7.92 Å². The van der Waals surface area contributed by atoms with E-state index in [9.17, 15) is 0 Å². The van der Waals surface area contributed by atoms with Gasteiger partial charge in [0.1, 0.15) is 5.52 Å². The second-order valence-corrected chi connectivity index (χ2v) is 7.10. The summed E-state index contributed by atoms with van der Waals surface area (Å²) in [5.41, 5.74) is 4.13. The van der Waals surface area contributed by atoms with Crippen LogP contribution >= 0.6 is 7.92 Å². The van der Waals surface area contributed by atoms with E-state index in [2.05, 4.69) is 48.4 Å². The second kappa shape index (κ2) is 5.18. The summed E-state index contributed by atoms with van der Waals surface area (Å²) >= 11 is 0. The number of para-hydroxylation sites is 1. The fourth-order valence-electron chi connectivity index (χ4n) is 2.30. The van der Waals surface area contributed by atoms with Crippen LogP contribution in [-0.2, 0) is 0 Å². The van der Waals surface area contributed by atoms with Gasteiger partial charge in [0.25, 0.3) is 0 Å². The Hall–Kier alpha value is -1.99. The highest BCUT2D eigenvalue weighted by Gasteiger charge is 2.09. The Bertz CT molecular complexity index is 774. The van der Waals surface area contributed by atoms with Crippen LogP contribution in [0.1, 0.15) is 5.56 Å². The van der Waals surface area contributed by atoms with Crippen molar-refractivity contribution < 1.29 is 0 Å². The largest absolute Gasteiger partial charge is 0.213 e. The third-order valence-electron chi connectivity index (χ3n) is 3.31. The molecule has 2 aromatic carbocycles. The molecule has 20 heavy (non-hydrogen) atoms. The van der Waals surface area contributed by atoms with Gasteiger partial charge in [-0.15, -0.1) is 5.10 Å². The first-order valence-electron chi connectivity index (χ1n) is 6.45. The summed E-state index contributed by atoms with van der Waals surface area (Å²) in [6.45, 7) is 8.43. The molecule has 4 heteroatoms. The lowest BCUT2D eigenvalue weighted by molar-refractivity contribution is 0.824. The van der Waals surface area contributed by atoms with Crippen LogP contribution in [0.2, 0.25) is 0 Å². The minimum atomic E-state index is -0.143. The van der Waals surface area contributed by atoms with Crippen molar-refractivity contribution in [3.8, 4) is 5.69 Å². The van der Waals surface area contributed by atoms with Gasteiger partial charge in [0, 0.05) is 0 Å². The topological polar surface area (TPSA) is 30.7 Å². The van der Waals surface area contributed by atoms with Gasteiger partial charge < -0.3 is 0 Å². The fraction of sp³-hybridized carbons (Fsp3) is 0.125. The SMILES string of the molecule is C=Cc1cc(-n2nnc3ccccc32)ccc1P(C)C. The molecular formula is C16H16N3P. The molecule has 3 rings (SSSR count). The molecule has 0 radical (unpaired) electrons. The summed E-state index contributed by atoms with van der Waals surface area (Å²) in [7, 11) is -0.143. The van der Waals surface area contributed by atoms with Crippen LogP contribution < -0.4 is 5.30 Å². The van der Waals surface area contributed by atoms with Gasteiger partial charge >= 0.3 is 0 Å². The monoisotopic (exact) mass is 281 g/mol. The molecule has 0 amide bonds. The molecule has 1 aromatic heterocycles. The highest BCUT2D eigenvalue weighted by Crippen LogP contribution is 2.27. The number of fused-ring (bicyclic) bond motifs is 1. The molecule has 0 spiro atoms. The molecule has 0 aliphatic rings. The number of aromatic nitrogens is 3. The summed E-state index contributed by atoms with van der Waals surface area (Å²) in [5, 5.41) is 9.82. The summed E-state index contributed by atoms with van der Waals surface area (Å²) in [5.74, 6) is 0. The standard InChI is InChI=1S/C16H16N3P/c1-4-12-11-13(9-10-16(12)20(2)3)19-15-8-6-5-7-14(15)17-18-19/h4-11H,1H2,2-3H3. The van der Waals surface area contributed by atoms with Crippen LogP contribution in [0.4, 0.5) is 0 Å². The minimum Gasteiger partial charge on any atom is -0.213 e. The van der Waals surface area contributed by atoms with E-state index in [1.807, 2.05) is 35.0 Å². The van der Waals surface area contributed by atoms with Crippen LogP contribution in [0.5, 0.6) is 0 Å². The summed E-state index contributed by atoms with van der Waals surface area (Å²) in [6.07, 6.45) is 1.92. The maximum atomic E-state index is 4.25. The van der Waals surface area contributed by atoms with Crippen LogP contribution in [0.3, 0.4) is 0 Å². The Kier molecular flexibility index (Phi) is 3.37. The van der Waals surface area contributed by atoms with E-state index in [0.29, 0.717) is 0 Å². The molecule has 0 bridgehead atoms. The van der Waals surface area contributed by atoms with Gasteiger partial charge in [-0.25, -0.2) is 4.68 Å². The molecule has 3 nitrogen and oxygen atoms in total.